The average molecular weight is 262 g/mol. The first-order chi connectivity index (χ1) is 7.93. The lowest BCUT2D eigenvalue weighted by Crippen LogP contribution is -2.48. The molecule has 1 fully saturated rings. The number of methoxy groups -OCH3 is 1. The second-order valence-corrected chi connectivity index (χ2v) is 5.22. The molecule has 1 unspecified atom stereocenters. The first-order valence-electron chi connectivity index (χ1n) is 4.81. The summed E-state index contributed by atoms with van der Waals surface area (Å²) in [6.07, 6.45) is -1.51. The van der Waals surface area contributed by atoms with Crippen LogP contribution < -0.4 is 0 Å². The molecule has 2 rings (SSSR count). The van der Waals surface area contributed by atoms with Crippen molar-refractivity contribution in [3.63, 3.8) is 0 Å². The number of imide groups is 1. The Morgan fingerprint density at radius 2 is 1.94 bits per heavy atom. The fourth-order valence-electron chi connectivity index (χ4n) is 1.63. The molecule has 2 amide bonds. The third-order valence-electron chi connectivity index (χ3n) is 2.36. The zero-order chi connectivity index (χ0) is 12.6. The number of ether oxygens (including phenoxy) is 2. The van der Waals surface area contributed by atoms with Crippen molar-refractivity contribution in [1.29, 1.82) is 0 Å². The van der Waals surface area contributed by atoms with E-state index in [0.717, 1.165) is 4.90 Å². The van der Waals surface area contributed by atoms with Crippen LogP contribution in [0.25, 0.3) is 0 Å². The number of rotatable bonds is 1. The maximum atomic E-state index is 11.4. The van der Waals surface area contributed by atoms with E-state index >= 15 is 0 Å². The van der Waals surface area contributed by atoms with Gasteiger partial charge >= 0.3 is 6.08 Å². The summed E-state index contributed by atoms with van der Waals surface area (Å²) in [7, 11) is -2.60. The van der Waals surface area contributed by atoms with Crippen LogP contribution in [0.5, 0.6) is 0 Å². The van der Waals surface area contributed by atoms with Crippen molar-refractivity contribution >= 4 is 27.9 Å². The molecule has 8 nitrogen and oxygen atoms in total. The summed E-state index contributed by atoms with van der Waals surface area (Å²) < 4.78 is 35.6. The highest BCUT2D eigenvalue weighted by Crippen LogP contribution is 2.21. The van der Waals surface area contributed by atoms with Crippen molar-refractivity contribution in [1.82, 2.24) is 4.90 Å². The topological polar surface area (TPSA) is 102 Å². The van der Waals surface area contributed by atoms with Gasteiger partial charge in [-0.25, -0.2) is 13.3 Å². The minimum Gasteiger partial charge on any atom is -0.453 e. The molecular formula is C8H10N2O6S. The highest BCUT2D eigenvalue weighted by Gasteiger charge is 2.41. The molecule has 9 heteroatoms. The summed E-state index contributed by atoms with van der Waals surface area (Å²) in [5, 5.41) is 0. The van der Waals surface area contributed by atoms with Crippen molar-refractivity contribution in [2.75, 3.05) is 12.9 Å². The lowest BCUT2D eigenvalue weighted by atomic mass is 10.4. The average Bonchev–Trinajstić information content (AvgIpc) is 2.56. The Kier molecular flexibility index (Phi) is 2.77. The number of hydrogen-bond acceptors (Lipinski definition) is 6. The Morgan fingerprint density at radius 3 is 2.47 bits per heavy atom. The maximum Gasteiger partial charge on any atom is 0.401 e. The number of likely N-dealkylation sites (tertiary alicyclic amines) is 1. The predicted molar refractivity (Wildman–Crippen MR) is 54.2 cm³/mol. The van der Waals surface area contributed by atoms with E-state index < -0.39 is 39.9 Å². The van der Waals surface area contributed by atoms with Crippen LogP contribution in [0, 0.1) is 0 Å². The Morgan fingerprint density at radius 1 is 1.35 bits per heavy atom. The fraction of sp³-hybridized carbons (Fsp3) is 0.625. The van der Waals surface area contributed by atoms with Crippen molar-refractivity contribution in [2.24, 2.45) is 4.40 Å². The zero-order valence-electron chi connectivity index (χ0n) is 8.95. The van der Waals surface area contributed by atoms with E-state index in [1.807, 2.05) is 0 Å². The summed E-state index contributed by atoms with van der Waals surface area (Å²) in [6.45, 7) is 0. The summed E-state index contributed by atoms with van der Waals surface area (Å²) in [5.41, 5.74) is 0. The normalized spacial score (nSPS) is 27.7. The highest BCUT2D eigenvalue weighted by atomic mass is 32.2. The van der Waals surface area contributed by atoms with Gasteiger partial charge in [-0.1, -0.05) is 4.40 Å². The van der Waals surface area contributed by atoms with E-state index in [9.17, 15) is 18.0 Å². The molecule has 0 aromatic carbocycles. The molecule has 2 aliphatic heterocycles. The summed E-state index contributed by atoms with van der Waals surface area (Å²) >= 11 is 0. The van der Waals surface area contributed by atoms with Crippen LogP contribution in [-0.4, -0.2) is 50.3 Å². The van der Waals surface area contributed by atoms with Crippen molar-refractivity contribution in [3.05, 3.63) is 0 Å². The van der Waals surface area contributed by atoms with Crippen LogP contribution in [-0.2, 0) is 29.1 Å². The number of amides is 2. The van der Waals surface area contributed by atoms with Gasteiger partial charge in [0.15, 0.2) is 0 Å². The SMILES string of the molecule is COC1=NS(=O)(=O)CC(N2C(=O)CCC2=O)O1. The molecule has 94 valence electrons. The van der Waals surface area contributed by atoms with Gasteiger partial charge in [0.25, 0.3) is 10.0 Å². The smallest absolute Gasteiger partial charge is 0.401 e. The Balaban J connectivity index is 2.27. The molecule has 17 heavy (non-hydrogen) atoms. The lowest BCUT2D eigenvalue weighted by Gasteiger charge is -2.27. The highest BCUT2D eigenvalue weighted by molar-refractivity contribution is 7.90. The third kappa shape index (κ3) is 2.23. The van der Waals surface area contributed by atoms with Gasteiger partial charge in [-0.2, -0.15) is 0 Å². The van der Waals surface area contributed by atoms with Crippen molar-refractivity contribution in [3.8, 4) is 0 Å². The Hall–Kier alpha value is -1.64. The van der Waals surface area contributed by atoms with Crippen molar-refractivity contribution in [2.45, 2.75) is 19.1 Å². The molecule has 2 heterocycles. The van der Waals surface area contributed by atoms with Crippen LogP contribution >= 0.6 is 0 Å². The predicted octanol–water partition coefficient (Wildman–Crippen LogP) is -1.18. The fourth-order valence-corrected chi connectivity index (χ4v) is 2.63. The van der Waals surface area contributed by atoms with Crippen molar-refractivity contribution < 1.29 is 27.5 Å². The first-order valence-corrected chi connectivity index (χ1v) is 6.42. The molecule has 0 radical (unpaired) electrons. The number of nitrogens with zero attached hydrogens (tertiary/aromatic N) is 2. The summed E-state index contributed by atoms with van der Waals surface area (Å²) in [6, 6.07) is 0. The van der Waals surface area contributed by atoms with Crippen LogP contribution in [0.15, 0.2) is 4.40 Å². The van der Waals surface area contributed by atoms with E-state index in [-0.39, 0.29) is 12.8 Å². The van der Waals surface area contributed by atoms with E-state index in [1.54, 1.807) is 0 Å². The van der Waals surface area contributed by atoms with Gasteiger partial charge in [0.05, 0.1) is 7.11 Å². The second kappa shape index (κ2) is 3.99. The van der Waals surface area contributed by atoms with Crippen LogP contribution in [0.1, 0.15) is 12.8 Å². The number of carbonyl (C=O) groups is 2. The third-order valence-corrected chi connectivity index (χ3v) is 3.49. The largest absolute Gasteiger partial charge is 0.453 e. The van der Waals surface area contributed by atoms with Crippen LogP contribution in [0.2, 0.25) is 0 Å². The lowest BCUT2D eigenvalue weighted by molar-refractivity contribution is -0.147. The van der Waals surface area contributed by atoms with Gasteiger partial charge in [-0.3, -0.25) is 9.59 Å². The van der Waals surface area contributed by atoms with Crippen LogP contribution in [0.3, 0.4) is 0 Å². The minimum atomic E-state index is -3.79. The van der Waals surface area contributed by atoms with Gasteiger partial charge in [-0.15, -0.1) is 0 Å². The van der Waals surface area contributed by atoms with E-state index in [4.69, 9.17) is 4.74 Å². The number of sulfonamides is 1. The Labute approximate surface area is 97.2 Å². The number of hydrogen-bond donors (Lipinski definition) is 0. The molecule has 0 aliphatic carbocycles. The molecule has 0 spiro atoms. The van der Waals surface area contributed by atoms with E-state index in [0.29, 0.717) is 0 Å². The molecule has 1 atom stereocenters. The zero-order valence-corrected chi connectivity index (χ0v) is 9.77. The van der Waals surface area contributed by atoms with E-state index in [1.165, 1.54) is 7.11 Å². The first kappa shape index (κ1) is 11.8. The number of carbonyl (C=O) groups excluding carboxylic acids is 2. The molecule has 0 bridgehead atoms. The maximum absolute atomic E-state index is 11.4. The van der Waals surface area contributed by atoms with E-state index in [2.05, 4.69) is 9.13 Å². The van der Waals surface area contributed by atoms with Gasteiger partial charge in [0.2, 0.25) is 18.0 Å². The molecule has 0 aromatic heterocycles. The second-order valence-electron chi connectivity index (χ2n) is 3.54. The minimum absolute atomic E-state index is 0.0677. The molecule has 1 saturated heterocycles. The van der Waals surface area contributed by atoms with Gasteiger partial charge in [0, 0.05) is 12.8 Å². The Bertz CT molecular complexity index is 480. The van der Waals surface area contributed by atoms with Gasteiger partial charge in [0.1, 0.15) is 5.75 Å². The molecule has 0 aromatic rings. The summed E-state index contributed by atoms with van der Waals surface area (Å²) in [4.78, 5) is 23.7. The molecular weight excluding hydrogens is 252 g/mol. The quantitative estimate of drug-likeness (QED) is 0.551. The standard InChI is InChI=1S/C8H10N2O6S/c1-15-8-9-17(13,14)4-7(16-8)10-5(11)2-3-6(10)12/h7H,2-4H2,1H3. The molecule has 0 saturated carbocycles. The summed E-state index contributed by atoms with van der Waals surface area (Å²) in [5.74, 6) is -1.45. The van der Waals surface area contributed by atoms with Gasteiger partial charge in [-0.05, 0) is 0 Å². The monoisotopic (exact) mass is 262 g/mol. The van der Waals surface area contributed by atoms with Crippen LogP contribution in [0.4, 0.5) is 0 Å². The molecule has 2 aliphatic rings. The van der Waals surface area contributed by atoms with Gasteiger partial charge < -0.3 is 9.47 Å². The molecule has 0 N–H and O–H groups in total.